The minimum atomic E-state index is -0.400. The highest BCUT2D eigenvalue weighted by Crippen LogP contribution is 2.34. The number of nitrogens with zero attached hydrogens (tertiary/aromatic N) is 1. The minimum Gasteiger partial charge on any atom is -0.390 e. The maximum Gasteiger partial charge on any atom is 0.0651 e. The molecule has 1 atom stereocenters. The van der Waals surface area contributed by atoms with Crippen LogP contribution in [0.1, 0.15) is 56.1 Å². The number of aliphatic hydroxyl groups is 1. The van der Waals surface area contributed by atoms with Crippen LogP contribution in [-0.4, -0.2) is 40.2 Å². The number of hydrogen-bond acceptors (Lipinski definition) is 2. The molecule has 24 heavy (non-hydrogen) atoms. The van der Waals surface area contributed by atoms with Gasteiger partial charge in [-0.2, -0.15) is 0 Å². The normalized spacial score (nSPS) is 24.2. The van der Waals surface area contributed by atoms with Crippen LogP contribution in [0.25, 0.3) is 10.9 Å². The number of aryl methyl sites for hydroxylation is 1. The number of aromatic nitrogens is 1. The van der Waals surface area contributed by atoms with Crippen LogP contribution in [0.2, 0.25) is 0 Å². The van der Waals surface area contributed by atoms with E-state index in [0.717, 1.165) is 32.1 Å². The molecule has 130 valence electrons. The average molecular weight is 326 g/mol. The van der Waals surface area contributed by atoms with Crippen molar-refractivity contribution in [1.82, 2.24) is 9.88 Å². The molecule has 0 amide bonds. The predicted octanol–water partition coefficient (Wildman–Crippen LogP) is 4.04. The molecular formula is C21H30N2O. The van der Waals surface area contributed by atoms with Crippen molar-refractivity contribution in [1.29, 1.82) is 0 Å². The summed E-state index contributed by atoms with van der Waals surface area (Å²) in [6.07, 6.45) is 12.2. The van der Waals surface area contributed by atoms with Crippen LogP contribution in [0.5, 0.6) is 0 Å². The summed E-state index contributed by atoms with van der Waals surface area (Å²) < 4.78 is 0. The number of nitrogens with one attached hydrogen (secondary N) is 1. The second-order valence-corrected chi connectivity index (χ2v) is 8.11. The lowest BCUT2D eigenvalue weighted by molar-refractivity contribution is 0.0391. The Morgan fingerprint density at radius 1 is 1.25 bits per heavy atom. The standard InChI is InChI=1S/C21H30N2O/c1-23-12-4-5-18(23)14-17-15-22-20-7-6-16(13-19(17)20)8-11-21(24)9-2-3-10-21/h6-7,13,15,18,22,24H,2-5,8-12,14H2,1H3/t18-/m1/s1. The van der Waals surface area contributed by atoms with Crippen molar-refractivity contribution in [2.24, 2.45) is 0 Å². The maximum atomic E-state index is 10.6. The maximum absolute atomic E-state index is 10.6. The van der Waals surface area contributed by atoms with Crippen molar-refractivity contribution >= 4 is 10.9 Å². The highest BCUT2D eigenvalue weighted by molar-refractivity contribution is 5.84. The molecular weight excluding hydrogens is 296 g/mol. The van der Waals surface area contributed by atoms with Gasteiger partial charge in [0.1, 0.15) is 0 Å². The van der Waals surface area contributed by atoms with Crippen LogP contribution in [0.3, 0.4) is 0 Å². The molecule has 3 nitrogen and oxygen atoms in total. The van der Waals surface area contributed by atoms with E-state index in [2.05, 4.69) is 41.3 Å². The van der Waals surface area contributed by atoms with Crippen molar-refractivity contribution in [3.8, 4) is 0 Å². The SMILES string of the molecule is CN1CCC[C@@H]1Cc1c[nH]c2ccc(CCC3(O)CCCC3)cc12. The summed E-state index contributed by atoms with van der Waals surface area (Å²) in [6, 6.07) is 7.48. The molecule has 0 spiro atoms. The van der Waals surface area contributed by atoms with Crippen molar-refractivity contribution in [3.63, 3.8) is 0 Å². The summed E-state index contributed by atoms with van der Waals surface area (Å²) in [5.41, 5.74) is 3.66. The molecule has 4 rings (SSSR count). The summed E-state index contributed by atoms with van der Waals surface area (Å²) in [5.74, 6) is 0. The number of hydrogen-bond donors (Lipinski definition) is 2. The zero-order chi connectivity index (χ0) is 16.6. The average Bonchev–Trinajstić information content (AvgIpc) is 3.29. The largest absolute Gasteiger partial charge is 0.390 e. The third kappa shape index (κ3) is 3.25. The molecule has 0 bridgehead atoms. The lowest BCUT2D eigenvalue weighted by atomic mass is 9.92. The van der Waals surface area contributed by atoms with Gasteiger partial charge in [0.25, 0.3) is 0 Å². The van der Waals surface area contributed by atoms with Gasteiger partial charge in [-0.05, 0) is 81.8 Å². The molecule has 1 saturated heterocycles. The molecule has 2 fully saturated rings. The smallest absolute Gasteiger partial charge is 0.0651 e. The number of H-pyrrole nitrogens is 1. The topological polar surface area (TPSA) is 39.3 Å². The van der Waals surface area contributed by atoms with E-state index in [9.17, 15) is 5.11 Å². The van der Waals surface area contributed by atoms with E-state index in [4.69, 9.17) is 0 Å². The van der Waals surface area contributed by atoms with Gasteiger partial charge in [-0.1, -0.05) is 18.9 Å². The van der Waals surface area contributed by atoms with Crippen molar-refractivity contribution in [2.75, 3.05) is 13.6 Å². The van der Waals surface area contributed by atoms with Crippen LogP contribution in [0.15, 0.2) is 24.4 Å². The third-order valence-corrected chi connectivity index (χ3v) is 6.37. The fourth-order valence-electron chi connectivity index (χ4n) is 4.70. The van der Waals surface area contributed by atoms with Gasteiger partial charge >= 0.3 is 0 Å². The van der Waals surface area contributed by atoms with Crippen LogP contribution in [0, 0.1) is 0 Å². The number of fused-ring (bicyclic) bond motifs is 1. The van der Waals surface area contributed by atoms with Crippen molar-refractivity contribution < 1.29 is 5.11 Å². The minimum absolute atomic E-state index is 0.400. The van der Waals surface area contributed by atoms with E-state index in [0.29, 0.717) is 6.04 Å². The van der Waals surface area contributed by atoms with Crippen LogP contribution in [-0.2, 0) is 12.8 Å². The summed E-state index contributed by atoms with van der Waals surface area (Å²) in [7, 11) is 2.25. The highest BCUT2D eigenvalue weighted by atomic mass is 16.3. The van der Waals surface area contributed by atoms with Gasteiger partial charge in [0.2, 0.25) is 0 Å². The molecule has 2 aliphatic rings. The number of rotatable bonds is 5. The monoisotopic (exact) mass is 326 g/mol. The lowest BCUT2D eigenvalue weighted by Crippen LogP contribution is -2.26. The molecule has 2 aromatic rings. The molecule has 1 saturated carbocycles. The van der Waals surface area contributed by atoms with Crippen LogP contribution < -0.4 is 0 Å². The van der Waals surface area contributed by atoms with E-state index in [1.807, 2.05) is 0 Å². The number of benzene rings is 1. The fourth-order valence-corrected chi connectivity index (χ4v) is 4.70. The number of likely N-dealkylation sites (N-methyl/N-ethyl adjacent to an activating group) is 1. The Labute approximate surface area is 145 Å². The first kappa shape index (κ1) is 16.2. The van der Waals surface area contributed by atoms with Crippen molar-refractivity contribution in [3.05, 3.63) is 35.5 Å². The molecule has 2 heterocycles. The number of likely N-dealkylation sites (tertiary alicyclic amines) is 1. The van der Waals surface area contributed by atoms with Gasteiger partial charge in [0.15, 0.2) is 0 Å². The molecule has 1 aromatic heterocycles. The second kappa shape index (κ2) is 6.53. The van der Waals surface area contributed by atoms with E-state index in [1.165, 1.54) is 54.3 Å². The van der Waals surface area contributed by atoms with Gasteiger partial charge in [-0.25, -0.2) is 0 Å². The molecule has 1 aromatic carbocycles. The third-order valence-electron chi connectivity index (χ3n) is 6.37. The Morgan fingerprint density at radius 3 is 2.83 bits per heavy atom. The second-order valence-electron chi connectivity index (χ2n) is 8.11. The van der Waals surface area contributed by atoms with E-state index < -0.39 is 5.60 Å². The Bertz CT molecular complexity index is 699. The Kier molecular flexibility index (Phi) is 4.40. The summed E-state index contributed by atoms with van der Waals surface area (Å²) >= 11 is 0. The van der Waals surface area contributed by atoms with E-state index >= 15 is 0 Å². The van der Waals surface area contributed by atoms with Crippen molar-refractivity contribution in [2.45, 2.75) is 69.4 Å². The lowest BCUT2D eigenvalue weighted by Gasteiger charge is -2.22. The van der Waals surface area contributed by atoms with Gasteiger partial charge < -0.3 is 15.0 Å². The summed E-state index contributed by atoms with van der Waals surface area (Å²) in [6.45, 7) is 1.23. The Balaban J connectivity index is 1.50. The number of aromatic amines is 1. The predicted molar refractivity (Wildman–Crippen MR) is 99.4 cm³/mol. The molecule has 0 radical (unpaired) electrons. The van der Waals surface area contributed by atoms with Gasteiger partial charge in [-0.15, -0.1) is 0 Å². The van der Waals surface area contributed by atoms with Gasteiger partial charge in [-0.3, -0.25) is 0 Å². The van der Waals surface area contributed by atoms with Gasteiger partial charge in [0.05, 0.1) is 5.60 Å². The Hall–Kier alpha value is -1.32. The van der Waals surface area contributed by atoms with Crippen LogP contribution >= 0.6 is 0 Å². The fraction of sp³-hybridized carbons (Fsp3) is 0.619. The summed E-state index contributed by atoms with van der Waals surface area (Å²) in [5, 5.41) is 12.0. The molecule has 2 N–H and O–H groups in total. The first-order valence-corrected chi connectivity index (χ1v) is 9.64. The quantitative estimate of drug-likeness (QED) is 0.870. The zero-order valence-corrected chi connectivity index (χ0v) is 14.9. The molecule has 1 aliphatic carbocycles. The first-order chi connectivity index (χ1) is 11.6. The van der Waals surface area contributed by atoms with E-state index in [-0.39, 0.29) is 0 Å². The Morgan fingerprint density at radius 2 is 2.08 bits per heavy atom. The zero-order valence-electron chi connectivity index (χ0n) is 14.9. The first-order valence-electron chi connectivity index (χ1n) is 9.64. The van der Waals surface area contributed by atoms with Gasteiger partial charge in [0, 0.05) is 23.1 Å². The van der Waals surface area contributed by atoms with E-state index in [1.54, 1.807) is 0 Å². The highest BCUT2D eigenvalue weighted by Gasteiger charge is 2.30. The molecule has 0 unspecified atom stereocenters. The molecule has 1 aliphatic heterocycles. The summed E-state index contributed by atoms with van der Waals surface area (Å²) in [4.78, 5) is 5.94. The van der Waals surface area contributed by atoms with Crippen LogP contribution in [0.4, 0.5) is 0 Å². The molecule has 3 heteroatoms.